The van der Waals surface area contributed by atoms with Crippen molar-refractivity contribution in [3.8, 4) is 17.6 Å². The van der Waals surface area contributed by atoms with E-state index in [0.29, 0.717) is 41.3 Å². The van der Waals surface area contributed by atoms with Gasteiger partial charge >= 0.3 is 0 Å². The van der Waals surface area contributed by atoms with Crippen LogP contribution in [0, 0.1) is 11.3 Å². The maximum Gasteiger partial charge on any atom is 0.207 e. The lowest BCUT2D eigenvalue weighted by atomic mass is 10.1. The number of alkyl halides is 1. The molecule has 0 aliphatic carbocycles. The molecule has 5 nitrogen and oxygen atoms in total. The number of rotatable bonds is 5. The molecule has 0 saturated carbocycles. The van der Waals surface area contributed by atoms with Gasteiger partial charge in [-0.2, -0.15) is 5.26 Å². The number of hydrogen-bond donors (Lipinski definition) is 1. The minimum atomic E-state index is -0.328. The van der Waals surface area contributed by atoms with Crippen molar-refractivity contribution in [3.05, 3.63) is 34.1 Å². The average Bonchev–Trinajstić information content (AvgIpc) is 2.47. The zero-order valence-electron chi connectivity index (χ0n) is 10.9. The molecule has 0 aliphatic heterocycles. The van der Waals surface area contributed by atoms with Gasteiger partial charge in [-0.1, -0.05) is 0 Å². The molecule has 2 rings (SSSR count). The summed E-state index contributed by atoms with van der Waals surface area (Å²) >= 11 is 5.60. The van der Waals surface area contributed by atoms with Crippen LogP contribution in [-0.4, -0.2) is 24.6 Å². The van der Waals surface area contributed by atoms with E-state index in [-0.39, 0.29) is 11.0 Å². The Morgan fingerprint density at radius 1 is 1.40 bits per heavy atom. The second-order valence-electron chi connectivity index (χ2n) is 4.08. The first kappa shape index (κ1) is 14.2. The molecule has 1 heterocycles. The molecule has 104 valence electrons. The summed E-state index contributed by atoms with van der Waals surface area (Å²) in [4.78, 5) is 15.0. The van der Waals surface area contributed by atoms with Gasteiger partial charge in [-0.05, 0) is 12.5 Å². The maximum absolute atomic E-state index is 12.1. The highest BCUT2D eigenvalue weighted by Gasteiger charge is 2.11. The SMILES string of the molecule is COc1cc2[nH]cc(C#N)c(=O)c2cc1OCCCCl. The van der Waals surface area contributed by atoms with Crippen molar-refractivity contribution in [1.82, 2.24) is 4.98 Å². The Morgan fingerprint density at radius 3 is 2.85 bits per heavy atom. The van der Waals surface area contributed by atoms with Crippen molar-refractivity contribution in [3.63, 3.8) is 0 Å². The van der Waals surface area contributed by atoms with Crippen molar-refractivity contribution in [2.45, 2.75) is 6.42 Å². The summed E-state index contributed by atoms with van der Waals surface area (Å²) < 4.78 is 10.8. The summed E-state index contributed by atoms with van der Waals surface area (Å²) in [6, 6.07) is 5.11. The molecule has 0 fully saturated rings. The molecule has 1 aromatic carbocycles. The summed E-state index contributed by atoms with van der Waals surface area (Å²) in [7, 11) is 1.53. The van der Waals surface area contributed by atoms with E-state index < -0.39 is 0 Å². The third kappa shape index (κ3) is 2.70. The number of nitrogens with one attached hydrogen (secondary N) is 1. The van der Waals surface area contributed by atoms with Crippen molar-refractivity contribution in [2.75, 3.05) is 19.6 Å². The van der Waals surface area contributed by atoms with Crippen LogP contribution in [0.5, 0.6) is 11.5 Å². The first-order chi connectivity index (χ1) is 9.71. The largest absolute Gasteiger partial charge is 0.493 e. The molecular weight excluding hydrogens is 280 g/mol. The second-order valence-corrected chi connectivity index (χ2v) is 4.46. The van der Waals surface area contributed by atoms with E-state index >= 15 is 0 Å². The number of benzene rings is 1. The lowest BCUT2D eigenvalue weighted by molar-refractivity contribution is 0.295. The fourth-order valence-corrected chi connectivity index (χ4v) is 1.93. The number of H-pyrrole nitrogens is 1. The summed E-state index contributed by atoms with van der Waals surface area (Å²) in [5, 5.41) is 9.27. The highest BCUT2D eigenvalue weighted by atomic mass is 35.5. The molecule has 0 amide bonds. The quantitative estimate of drug-likeness (QED) is 0.678. The van der Waals surface area contributed by atoms with Crippen molar-refractivity contribution < 1.29 is 9.47 Å². The van der Waals surface area contributed by atoms with E-state index in [1.54, 1.807) is 12.1 Å². The molecule has 0 atom stereocenters. The number of nitriles is 1. The van der Waals surface area contributed by atoms with E-state index in [9.17, 15) is 4.79 Å². The predicted molar refractivity (Wildman–Crippen MR) is 76.7 cm³/mol. The molecule has 1 N–H and O–H groups in total. The Balaban J connectivity index is 2.54. The minimum Gasteiger partial charge on any atom is -0.493 e. The molecule has 0 unspecified atom stereocenters. The summed E-state index contributed by atoms with van der Waals surface area (Å²) in [5.74, 6) is 1.48. The molecule has 0 aliphatic rings. The molecule has 0 saturated heterocycles. The number of aromatic nitrogens is 1. The minimum absolute atomic E-state index is 0.0642. The standard InChI is InChI=1S/C14H13ClN2O3/c1-19-12-6-11-10(5-13(12)20-4-2-3-15)14(18)9(7-16)8-17-11/h5-6,8H,2-4H2,1H3,(H,17,18). The zero-order valence-corrected chi connectivity index (χ0v) is 11.7. The molecule has 0 spiro atoms. The molecule has 1 aromatic heterocycles. The number of pyridine rings is 1. The van der Waals surface area contributed by atoms with Gasteiger partial charge in [-0.3, -0.25) is 4.79 Å². The van der Waals surface area contributed by atoms with Gasteiger partial charge in [0.25, 0.3) is 0 Å². The van der Waals surface area contributed by atoms with Crippen LogP contribution < -0.4 is 14.9 Å². The van der Waals surface area contributed by atoms with Gasteiger partial charge in [0, 0.05) is 18.1 Å². The molecule has 6 heteroatoms. The highest BCUT2D eigenvalue weighted by molar-refractivity contribution is 6.17. The third-order valence-electron chi connectivity index (χ3n) is 2.82. The number of methoxy groups -OCH3 is 1. The van der Waals surface area contributed by atoms with Crippen LogP contribution in [0.25, 0.3) is 10.9 Å². The van der Waals surface area contributed by atoms with Crippen molar-refractivity contribution in [2.24, 2.45) is 0 Å². The first-order valence-electron chi connectivity index (χ1n) is 6.03. The predicted octanol–water partition coefficient (Wildman–Crippen LogP) is 2.42. The first-order valence-corrected chi connectivity index (χ1v) is 6.57. The van der Waals surface area contributed by atoms with Crippen LogP contribution >= 0.6 is 11.6 Å². The van der Waals surface area contributed by atoms with Crippen LogP contribution in [0.3, 0.4) is 0 Å². The number of nitrogens with zero attached hydrogens (tertiary/aromatic N) is 1. The van der Waals surface area contributed by atoms with Gasteiger partial charge in [0.2, 0.25) is 5.43 Å². The Hall–Kier alpha value is -2.19. The van der Waals surface area contributed by atoms with E-state index in [0.717, 1.165) is 0 Å². The summed E-state index contributed by atoms with van der Waals surface area (Å²) in [6.07, 6.45) is 2.08. The lowest BCUT2D eigenvalue weighted by Crippen LogP contribution is -2.08. The smallest absolute Gasteiger partial charge is 0.207 e. The topological polar surface area (TPSA) is 75.1 Å². The third-order valence-corrected chi connectivity index (χ3v) is 3.09. The van der Waals surface area contributed by atoms with Crippen molar-refractivity contribution >= 4 is 22.5 Å². The number of hydrogen-bond acceptors (Lipinski definition) is 4. The van der Waals surface area contributed by atoms with Gasteiger partial charge in [-0.15, -0.1) is 11.6 Å². The monoisotopic (exact) mass is 292 g/mol. The van der Waals surface area contributed by atoms with Crippen LogP contribution in [0.2, 0.25) is 0 Å². The maximum atomic E-state index is 12.1. The average molecular weight is 293 g/mol. The van der Waals surface area contributed by atoms with Gasteiger partial charge in [0.1, 0.15) is 11.6 Å². The van der Waals surface area contributed by atoms with E-state index in [2.05, 4.69) is 4.98 Å². The fourth-order valence-electron chi connectivity index (χ4n) is 1.82. The second kappa shape index (κ2) is 6.31. The van der Waals surface area contributed by atoms with Crippen LogP contribution in [-0.2, 0) is 0 Å². The van der Waals surface area contributed by atoms with E-state index in [1.807, 2.05) is 6.07 Å². The van der Waals surface area contributed by atoms with Crippen molar-refractivity contribution in [1.29, 1.82) is 5.26 Å². The molecule has 0 radical (unpaired) electrons. The number of halogens is 1. The van der Waals surface area contributed by atoms with Gasteiger partial charge in [-0.25, -0.2) is 0 Å². The number of fused-ring (bicyclic) bond motifs is 1. The van der Waals surface area contributed by atoms with Gasteiger partial charge in [0.15, 0.2) is 11.5 Å². The lowest BCUT2D eigenvalue weighted by Gasteiger charge is -2.11. The molecular formula is C14H13ClN2O3. The molecule has 0 bridgehead atoms. The Bertz CT molecular complexity index is 719. The fraction of sp³-hybridized carbons (Fsp3) is 0.286. The van der Waals surface area contributed by atoms with E-state index in [1.165, 1.54) is 13.3 Å². The van der Waals surface area contributed by atoms with E-state index in [4.69, 9.17) is 26.3 Å². The zero-order chi connectivity index (χ0) is 14.5. The number of ether oxygens (including phenoxy) is 2. The molecule has 2 aromatic rings. The van der Waals surface area contributed by atoms with Gasteiger partial charge in [0.05, 0.1) is 24.6 Å². The van der Waals surface area contributed by atoms with Crippen LogP contribution in [0.4, 0.5) is 0 Å². The van der Waals surface area contributed by atoms with Crippen LogP contribution in [0.1, 0.15) is 12.0 Å². The van der Waals surface area contributed by atoms with Crippen LogP contribution in [0.15, 0.2) is 23.1 Å². The normalized spacial score (nSPS) is 10.2. The molecule has 20 heavy (non-hydrogen) atoms. The Labute approximate surface area is 120 Å². The van der Waals surface area contributed by atoms with Gasteiger partial charge < -0.3 is 14.5 Å². The number of aromatic amines is 1. The Morgan fingerprint density at radius 2 is 2.20 bits per heavy atom. The summed E-state index contributed by atoms with van der Waals surface area (Å²) in [5.41, 5.74) is 0.330. The summed E-state index contributed by atoms with van der Waals surface area (Å²) in [6.45, 7) is 0.432. The highest BCUT2D eigenvalue weighted by Crippen LogP contribution is 2.30. The Kier molecular flexibility index (Phi) is 4.49.